The zero-order valence-electron chi connectivity index (χ0n) is 13.5. The molecule has 1 rings (SSSR count). The Balaban J connectivity index is 2.89. The molecule has 1 aliphatic rings. The van der Waals surface area contributed by atoms with Crippen LogP contribution in [0.4, 0.5) is 0 Å². The zero-order chi connectivity index (χ0) is 16.1. The summed E-state index contributed by atoms with van der Waals surface area (Å²) in [4.78, 5) is 35.9. The number of allylic oxidation sites excluding steroid dienone is 2. The number of hydrogen-bond donors (Lipinski definition) is 0. The summed E-state index contributed by atoms with van der Waals surface area (Å²) in [6, 6.07) is 0. The summed E-state index contributed by atoms with van der Waals surface area (Å²) < 4.78 is 5.47. The molecule has 4 nitrogen and oxygen atoms in total. The van der Waals surface area contributed by atoms with E-state index in [0.717, 1.165) is 12.8 Å². The fourth-order valence-electron chi connectivity index (χ4n) is 2.52. The van der Waals surface area contributed by atoms with Crippen LogP contribution in [0.25, 0.3) is 0 Å². The van der Waals surface area contributed by atoms with E-state index in [9.17, 15) is 14.4 Å². The van der Waals surface area contributed by atoms with Gasteiger partial charge in [-0.2, -0.15) is 0 Å². The second-order valence-electron chi connectivity index (χ2n) is 6.80. The minimum Gasteiger partial charge on any atom is -0.459 e. The molecule has 0 radical (unpaired) electrons. The molecule has 118 valence electrons. The van der Waals surface area contributed by atoms with E-state index >= 15 is 0 Å². The van der Waals surface area contributed by atoms with Crippen molar-refractivity contribution in [2.45, 2.75) is 71.8 Å². The molecule has 4 heteroatoms. The molecular weight excluding hydrogens is 268 g/mol. The van der Waals surface area contributed by atoms with Gasteiger partial charge in [0.25, 0.3) is 0 Å². The lowest BCUT2D eigenvalue weighted by atomic mass is 9.70. The number of ketones is 2. The van der Waals surface area contributed by atoms with Crippen molar-refractivity contribution in [1.29, 1.82) is 0 Å². The van der Waals surface area contributed by atoms with Crippen LogP contribution in [-0.4, -0.2) is 23.1 Å². The highest BCUT2D eigenvalue weighted by Gasteiger charge is 2.48. The van der Waals surface area contributed by atoms with Crippen LogP contribution in [0.2, 0.25) is 0 Å². The molecule has 0 aromatic rings. The molecule has 0 bridgehead atoms. The number of ether oxygens (including phenoxy) is 1. The maximum absolute atomic E-state index is 12.5. The number of Topliss-reactive ketones (excluding diaryl/α,β-unsaturated/α-hetero) is 2. The Morgan fingerprint density at radius 1 is 1.24 bits per heavy atom. The maximum Gasteiger partial charge on any atom is 0.320 e. The predicted molar refractivity (Wildman–Crippen MR) is 80.8 cm³/mol. The van der Waals surface area contributed by atoms with Crippen LogP contribution < -0.4 is 0 Å². The standard InChI is InChI=1S/C17H26O4/c1-13(18)9-5-7-11-17(12-8-6-10-14(17)19)15(20)21-16(2,3)4/h5,7H,6,8-12H2,1-4H3/b7-5-/t17-/m1/s1. The fourth-order valence-corrected chi connectivity index (χ4v) is 2.52. The van der Waals surface area contributed by atoms with Gasteiger partial charge in [-0.25, -0.2) is 0 Å². The minimum absolute atomic E-state index is 0.0320. The second-order valence-corrected chi connectivity index (χ2v) is 6.80. The van der Waals surface area contributed by atoms with E-state index in [0.29, 0.717) is 25.7 Å². The summed E-state index contributed by atoms with van der Waals surface area (Å²) in [6.07, 6.45) is 6.81. The van der Waals surface area contributed by atoms with Crippen LogP contribution in [0, 0.1) is 5.41 Å². The monoisotopic (exact) mass is 294 g/mol. The van der Waals surface area contributed by atoms with E-state index in [2.05, 4.69) is 0 Å². The van der Waals surface area contributed by atoms with Gasteiger partial charge in [0.05, 0.1) is 0 Å². The molecular formula is C17H26O4. The van der Waals surface area contributed by atoms with E-state index in [1.165, 1.54) is 6.92 Å². The summed E-state index contributed by atoms with van der Waals surface area (Å²) in [7, 11) is 0. The quantitative estimate of drug-likeness (QED) is 0.443. The SMILES string of the molecule is CC(=O)C/C=C\C[C@@]1(C(=O)OC(C)(C)C)CCCCC1=O. The minimum atomic E-state index is -1.06. The van der Waals surface area contributed by atoms with Crippen molar-refractivity contribution >= 4 is 17.5 Å². The fraction of sp³-hybridized carbons (Fsp3) is 0.706. The average molecular weight is 294 g/mol. The maximum atomic E-state index is 12.5. The van der Waals surface area contributed by atoms with Crippen molar-refractivity contribution in [3.8, 4) is 0 Å². The molecule has 1 atom stereocenters. The molecule has 0 spiro atoms. The molecule has 0 unspecified atom stereocenters. The molecule has 0 heterocycles. The van der Waals surface area contributed by atoms with Crippen LogP contribution in [0.3, 0.4) is 0 Å². The van der Waals surface area contributed by atoms with Gasteiger partial charge in [0, 0.05) is 12.8 Å². The molecule has 1 aliphatic carbocycles. The summed E-state index contributed by atoms with van der Waals surface area (Å²) in [6.45, 7) is 6.92. The van der Waals surface area contributed by atoms with Gasteiger partial charge in [0.15, 0.2) is 5.78 Å². The van der Waals surface area contributed by atoms with Crippen LogP contribution in [0.15, 0.2) is 12.2 Å². The first-order valence-electron chi connectivity index (χ1n) is 7.58. The number of hydrogen-bond acceptors (Lipinski definition) is 4. The largest absolute Gasteiger partial charge is 0.459 e. The van der Waals surface area contributed by atoms with E-state index in [-0.39, 0.29) is 11.6 Å². The zero-order valence-corrected chi connectivity index (χ0v) is 13.5. The summed E-state index contributed by atoms with van der Waals surface area (Å²) in [5, 5.41) is 0. The van der Waals surface area contributed by atoms with Crippen molar-refractivity contribution in [2.24, 2.45) is 5.41 Å². The predicted octanol–water partition coefficient (Wildman–Crippen LogP) is 3.38. The molecule has 0 amide bonds. The van der Waals surface area contributed by atoms with Gasteiger partial charge in [-0.05, 0) is 47.0 Å². The molecule has 0 aliphatic heterocycles. The second kappa shape index (κ2) is 7.01. The lowest BCUT2D eigenvalue weighted by molar-refractivity contribution is -0.172. The molecule has 0 aromatic heterocycles. The Kier molecular flexibility index (Phi) is 5.87. The first kappa shape index (κ1) is 17.6. The first-order chi connectivity index (χ1) is 9.67. The third-order valence-corrected chi connectivity index (χ3v) is 3.62. The van der Waals surface area contributed by atoms with Gasteiger partial charge in [0.2, 0.25) is 0 Å². The van der Waals surface area contributed by atoms with Gasteiger partial charge in [-0.15, -0.1) is 0 Å². The van der Waals surface area contributed by atoms with Gasteiger partial charge in [-0.1, -0.05) is 18.6 Å². The number of carbonyl (C=O) groups is 3. The smallest absolute Gasteiger partial charge is 0.320 e. The Labute approximate surface area is 126 Å². The van der Waals surface area contributed by atoms with Crippen molar-refractivity contribution in [3.63, 3.8) is 0 Å². The molecule has 0 N–H and O–H groups in total. The Morgan fingerprint density at radius 3 is 2.43 bits per heavy atom. The van der Waals surface area contributed by atoms with Crippen LogP contribution >= 0.6 is 0 Å². The van der Waals surface area contributed by atoms with Crippen molar-refractivity contribution in [3.05, 3.63) is 12.2 Å². The lowest BCUT2D eigenvalue weighted by Gasteiger charge is -2.35. The Hall–Kier alpha value is -1.45. The highest BCUT2D eigenvalue weighted by Crippen LogP contribution is 2.39. The summed E-state index contributed by atoms with van der Waals surface area (Å²) >= 11 is 0. The van der Waals surface area contributed by atoms with E-state index < -0.39 is 17.0 Å². The van der Waals surface area contributed by atoms with Crippen LogP contribution in [0.1, 0.15) is 66.2 Å². The summed E-state index contributed by atoms with van der Waals surface area (Å²) in [5.41, 5.74) is -1.66. The highest BCUT2D eigenvalue weighted by atomic mass is 16.6. The topological polar surface area (TPSA) is 60.4 Å². The molecule has 1 saturated carbocycles. The Bertz CT molecular complexity index is 442. The third kappa shape index (κ3) is 5.10. The van der Waals surface area contributed by atoms with E-state index in [1.807, 2.05) is 0 Å². The molecule has 0 aromatic carbocycles. The normalized spacial score (nSPS) is 23.3. The van der Waals surface area contributed by atoms with E-state index in [1.54, 1.807) is 32.9 Å². The van der Waals surface area contributed by atoms with Gasteiger partial charge >= 0.3 is 5.97 Å². The van der Waals surface area contributed by atoms with Crippen molar-refractivity contribution in [1.82, 2.24) is 0 Å². The van der Waals surface area contributed by atoms with E-state index in [4.69, 9.17) is 4.74 Å². The number of carbonyl (C=O) groups excluding carboxylic acids is 3. The van der Waals surface area contributed by atoms with Crippen molar-refractivity contribution < 1.29 is 19.1 Å². The molecule has 21 heavy (non-hydrogen) atoms. The molecule has 1 fully saturated rings. The Morgan fingerprint density at radius 2 is 1.90 bits per heavy atom. The van der Waals surface area contributed by atoms with Gasteiger partial charge in [0.1, 0.15) is 16.8 Å². The lowest BCUT2D eigenvalue weighted by Crippen LogP contribution is -2.45. The van der Waals surface area contributed by atoms with Crippen molar-refractivity contribution in [2.75, 3.05) is 0 Å². The van der Waals surface area contributed by atoms with Gasteiger partial charge < -0.3 is 4.74 Å². The highest BCUT2D eigenvalue weighted by molar-refractivity contribution is 6.04. The average Bonchev–Trinajstić information content (AvgIpc) is 2.34. The van der Waals surface area contributed by atoms with Crippen LogP contribution in [-0.2, 0) is 19.1 Å². The molecule has 0 saturated heterocycles. The number of rotatable bonds is 5. The number of esters is 1. The van der Waals surface area contributed by atoms with Crippen LogP contribution in [0.5, 0.6) is 0 Å². The third-order valence-electron chi connectivity index (χ3n) is 3.62. The first-order valence-corrected chi connectivity index (χ1v) is 7.58. The van der Waals surface area contributed by atoms with Gasteiger partial charge in [-0.3, -0.25) is 14.4 Å². The summed E-state index contributed by atoms with van der Waals surface area (Å²) in [5.74, 6) is -0.393.